The van der Waals surface area contributed by atoms with Crippen LogP contribution in [0, 0.1) is 11.3 Å². The van der Waals surface area contributed by atoms with Gasteiger partial charge < -0.3 is 5.32 Å². The first-order valence-corrected chi connectivity index (χ1v) is 5.37. The second-order valence-corrected chi connectivity index (χ2v) is 4.40. The van der Waals surface area contributed by atoms with E-state index in [1.165, 1.54) is 0 Å². The van der Waals surface area contributed by atoms with Crippen LogP contribution in [0.3, 0.4) is 0 Å². The molecule has 0 aromatic rings. The number of Topliss-reactive ketones (excluding diaryl/α,β-unsaturated/α-hetero) is 1. The van der Waals surface area contributed by atoms with Gasteiger partial charge in [-0.05, 0) is 32.4 Å². The predicted octanol–water partition coefficient (Wildman–Crippen LogP) is 1.99. The van der Waals surface area contributed by atoms with Crippen molar-refractivity contribution in [1.82, 2.24) is 5.32 Å². The van der Waals surface area contributed by atoms with Crippen LogP contribution >= 0.6 is 0 Å². The lowest BCUT2D eigenvalue weighted by molar-refractivity contribution is -0.133. The molecule has 1 fully saturated rings. The Bertz CT molecular complexity index is 181. The highest BCUT2D eigenvalue weighted by Gasteiger charge is 2.38. The van der Waals surface area contributed by atoms with Gasteiger partial charge in [-0.15, -0.1) is 0 Å². The average molecular weight is 183 g/mol. The number of carbonyl (C=O) groups excluding carboxylic acids is 1. The van der Waals surface area contributed by atoms with Gasteiger partial charge in [-0.1, -0.05) is 20.8 Å². The lowest BCUT2D eigenvalue weighted by Gasteiger charge is -2.36. The molecule has 0 saturated carbocycles. The van der Waals surface area contributed by atoms with Gasteiger partial charge in [-0.25, -0.2) is 0 Å². The minimum absolute atomic E-state index is 0.000579. The molecule has 0 amide bonds. The van der Waals surface area contributed by atoms with E-state index in [4.69, 9.17) is 0 Å². The van der Waals surface area contributed by atoms with Crippen LogP contribution in [-0.4, -0.2) is 18.9 Å². The second-order valence-electron chi connectivity index (χ2n) is 4.40. The summed E-state index contributed by atoms with van der Waals surface area (Å²) in [5.74, 6) is 0.662. The molecule has 0 aromatic carbocycles. The number of piperidine rings is 1. The maximum atomic E-state index is 12.0. The molecule has 1 rings (SSSR count). The van der Waals surface area contributed by atoms with Crippen molar-refractivity contribution >= 4 is 5.78 Å². The van der Waals surface area contributed by atoms with Crippen LogP contribution in [0.5, 0.6) is 0 Å². The predicted molar refractivity (Wildman–Crippen MR) is 54.7 cm³/mol. The van der Waals surface area contributed by atoms with Crippen molar-refractivity contribution in [2.24, 2.45) is 11.3 Å². The molecule has 2 nitrogen and oxygen atoms in total. The summed E-state index contributed by atoms with van der Waals surface area (Å²) < 4.78 is 0. The van der Waals surface area contributed by atoms with Gasteiger partial charge in [0.25, 0.3) is 0 Å². The highest BCUT2D eigenvalue weighted by molar-refractivity contribution is 5.86. The zero-order valence-electron chi connectivity index (χ0n) is 9.02. The molecule has 0 radical (unpaired) electrons. The molecule has 76 valence electrons. The molecule has 1 N–H and O–H groups in total. The van der Waals surface area contributed by atoms with Crippen molar-refractivity contribution in [3.05, 3.63) is 0 Å². The SMILES string of the molecule is CCC1(C(=O)C(C)C)CCNCC1. The number of ketones is 1. The zero-order valence-corrected chi connectivity index (χ0v) is 9.02. The first-order chi connectivity index (χ1) is 6.12. The highest BCUT2D eigenvalue weighted by Crippen LogP contribution is 2.35. The third-order valence-corrected chi connectivity index (χ3v) is 3.28. The summed E-state index contributed by atoms with van der Waals surface area (Å²) in [5, 5.41) is 3.32. The fourth-order valence-electron chi connectivity index (χ4n) is 2.29. The molecule has 1 aliphatic rings. The molecule has 1 aliphatic heterocycles. The molecular formula is C11H21NO. The molecule has 0 spiro atoms. The Morgan fingerprint density at radius 1 is 1.38 bits per heavy atom. The Morgan fingerprint density at radius 3 is 2.31 bits per heavy atom. The third-order valence-electron chi connectivity index (χ3n) is 3.28. The maximum absolute atomic E-state index is 12.0. The molecule has 0 atom stereocenters. The molecule has 0 aliphatic carbocycles. The number of nitrogens with one attached hydrogen (secondary N) is 1. The Labute approximate surface area is 81.1 Å². The van der Waals surface area contributed by atoms with Crippen LogP contribution in [-0.2, 0) is 4.79 Å². The van der Waals surface area contributed by atoms with Crippen molar-refractivity contribution in [1.29, 1.82) is 0 Å². The van der Waals surface area contributed by atoms with Crippen LogP contribution in [0.25, 0.3) is 0 Å². The largest absolute Gasteiger partial charge is 0.317 e. The van der Waals surface area contributed by atoms with Crippen LogP contribution in [0.15, 0.2) is 0 Å². The monoisotopic (exact) mass is 183 g/mol. The Balaban J connectivity index is 2.72. The maximum Gasteiger partial charge on any atom is 0.141 e. The van der Waals surface area contributed by atoms with Gasteiger partial charge in [0.05, 0.1) is 0 Å². The van der Waals surface area contributed by atoms with Crippen molar-refractivity contribution in [3.8, 4) is 0 Å². The summed E-state index contributed by atoms with van der Waals surface area (Å²) in [4.78, 5) is 12.0. The summed E-state index contributed by atoms with van der Waals surface area (Å²) in [7, 11) is 0. The van der Waals surface area contributed by atoms with Crippen molar-refractivity contribution in [2.45, 2.75) is 40.0 Å². The summed E-state index contributed by atoms with van der Waals surface area (Å²) in [6.07, 6.45) is 3.06. The van der Waals surface area contributed by atoms with Gasteiger partial charge in [0, 0.05) is 11.3 Å². The lowest BCUT2D eigenvalue weighted by atomic mass is 9.70. The number of hydrogen-bond donors (Lipinski definition) is 1. The van der Waals surface area contributed by atoms with Crippen molar-refractivity contribution in [3.63, 3.8) is 0 Å². The average Bonchev–Trinajstić information content (AvgIpc) is 2.17. The molecule has 0 bridgehead atoms. The van der Waals surface area contributed by atoms with Gasteiger partial charge in [-0.3, -0.25) is 4.79 Å². The second kappa shape index (κ2) is 4.23. The van der Waals surface area contributed by atoms with Crippen LogP contribution in [0.1, 0.15) is 40.0 Å². The number of hydrogen-bond acceptors (Lipinski definition) is 2. The minimum Gasteiger partial charge on any atom is -0.317 e. The van der Waals surface area contributed by atoms with Gasteiger partial charge in [-0.2, -0.15) is 0 Å². The van der Waals surface area contributed by atoms with E-state index in [2.05, 4.69) is 12.2 Å². The van der Waals surface area contributed by atoms with Crippen LogP contribution in [0.2, 0.25) is 0 Å². The molecule has 0 unspecified atom stereocenters. The fraction of sp³-hybridized carbons (Fsp3) is 0.909. The molecular weight excluding hydrogens is 162 g/mol. The summed E-state index contributed by atoms with van der Waals surface area (Å²) in [6.45, 7) is 8.19. The standard InChI is InChI=1S/C11H21NO/c1-4-11(10(13)9(2)3)5-7-12-8-6-11/h9,12H,4-8H2,1-3H3. The summed E-state index contributed by atoms with van der Waals surface area (Å²) in [6, 6.07) is 0. The first-order valence-electron chi connectivity index (χ1n) is 5.37. The van der Waals surface area contributed by atoms with E-state index in [1.807, 2.05) is 13.8 Å². The van der Waals surface area contributed by atoms with E-state index in [0.29, 0.717) is 5.78 Å². The fourth-order valence-corrected chi connectivity index (χ4v) is 2.29. The Hall–Kier alpha value is -0.370. The molecule has 0 aromatic heterocycles. The van der Waals surface area contributed by atoms with Gasteiger partial charge in [0.15, 0.2) is 0 Å². The van der Waals surface area contributed by atoms with E-state index in [-0.39, 0.29) is 11.3 Å². The summed E-state index contributed by atoms with van der Waals surface area (Å²) in [5.41, 5.74) is -0.000579. The third kappa shape index (κ3) is 2.11. The molecule has 1 heterocycles. The number of carbonyl (C=O) groups is 1. The normalized spacial score (nSPS) is 21.8. The lowest BCUT2D eigenvalue weighted by Crippen LogP contribution is -2.43. The van der Waals surface area contributed by atoms with E-state index < -0.39 is 0 Å². The molecule has 13 heavy (non-hydrogen) atoms. The van der Waals surface area contributed by atoms with Crippen molar-refractivity contribution in [2.75, 3.05) is 13.1 Å². The Morgan fingerprint density at radius 2 is 1.92 bits per heavy atom. The van der Waals surface area contributed by atoms with Crippen molar-refractivity contribution < 1.29 is 4.79 Å². The zero-order chi connectivity index (χ0) is 9.90. The smallest absolute Gasteiger partial charge is 0.141 e. The Kier molecular flexibility index (Phi) is 3.48. The van der Waals surface area contributed by atoms with Crippen LogP contribution < -0.4 is 5.32 Å². The molecule has 2 heteroatoms. The van der Waals surface area contributed by atoms with Crippen LogP contribution in [0.4, 0.5) is 0 Å². The highest BCUT2D eigenvalue weighted by atomic mass is 16.1. The van der Waals surface area contributed by atoms with E-state index in [1.54, 1.807) is 0 Å². The van der Waals surface area contributed by atoms with E-state index in [9.17, 15) is 4.79 Å². The number of rotatable bonds is 3. The molecule has 1 saturated heterocycles. The van der Waals surface area contributed by atoms with E-state index in [0.717, 1.165) is 32.4 Å². The topological polar surface area (TPSA) is 29.1 Å². The summed E-state index contributed by atoms with van der Waals surface area (Å²) >= 11 is 0. The van der Waals surface area contributed by atoms with Gasteiger partial charge >= 0.3 is 0 Å². The van der Waals surface area contributed by atoms with Gasteiger partial charge in [0.1, 0.15) is 5.78 Å². The minimum atomic E-state index is -0.000579. The first kappa shape index (κ1) is 10.7. The quantitative estimate of drug-likeness (QED) is 0.725. The van der Waals surface area contributed by atoms with E-state index >= 15 is 0 Å². The van der Waals surface area contributed by atoms with Gasteiger partial charge in [0.2, 0.25) is 0 Å².